The van der Waals surface area contributed by atoms with Gasteiger partial charge in [0.2, 0.25) is 0 Å². The van der Waals surface area contributed by atoms with Crippen molar-refractivity contribution in [2.75, 3.05) is 27.9 Å². The maximum absolute atomic E-state index is 12.7. The number of ether oxygens (including phenoxy) is 5. The van der Waals surface area contributed by atoms with Crippen LogP contribution in [-0.2, 0) is 4.79 Å². The fraction of sp³-hybridized carbons (Fsp3) is 0.138. The smallest absolute Gasteiger partial charge is 0.343 e. The summed E-state index contributed by atoms with van der Waals surface area (Å²) in [6, 6.07) is 21.1. The minimum atomic E-state index is -0.595. The number of esters is 1. The Morgan fingerprint density at radius 1 is 0.795 bits per heavy atom. The van der Waals surface area contributed by atoms with Gasteiger partial charge >= 0.3 is 5.97 Å². The third kappa shape index (κ3) is 7.05. The summed E-state index contributed by atoms with van der Waals surface area (Å²) in [7, 11) is 4.45. The van der Waals surface area contributed by atoms with Crippen LogP contribution in [0.4, 0.5) is 0 Å². The van der Waals surface area contributed by atoms with Crippen molar-refractivity contribution in [1.29, 1.82) is 0 Å². The number of carbonyl (C=O) groups excluding carboxylic acids is 2. The summed E-state index contributed by atoms with van der Waals surface area (Å²) < 4.78 is 27.9. The number of amides is 1. The third-order valence-electron chi connectivity index (χ3n) is 5.56. The summed E-state index contributed by atoms with van der Waals surface area (Å²) in [6.07, 6.45) is 1.44. The Balaban J connectivity index is 1.33. The lowest BCUT2D eigenvalue weighted by molar-refractivity contribution is -0.123. The van der Waals surface area contributed by atoms with E-state index in [1.54, 1.807) is 36.4 Å². The van der Waals surface area contributed by atoms with E-state index >= 15 is 0 Å². The number of fused-ring (bicyclic) bond motifs is 1. The number of benzene rings is 4. The van der Waals surface area contributed by atoms with Gasteiger partial charge < -0.3 is 23.7 Å². The summed E-state index contributed by atoms with van der Waals surface area (Å²) >= 11 is 3.45. The number of hydrogen-bond donors (Lipinski definition) is 1. The maximum atomic E-state index is 12.7. The quantitative estimate of drug-likeness (QED) is 0.114. The molecule has 0 aliphatic heterocycles. The molecule has 4 aromatic carbocycles. The Hall–Kier alpha value is -4.57. The number of carbonyl (C=O) groups is 2. The average Bonchev–Trinajstić information content (AvgIpc) is 2.96. The highest BCUT2D eigenvalue weighted by Crippen LogP contribution is 2.31. The van der Waals surface area contributed by atoms with Crippen LogP contribution < -0.4 is 29.1 Å². The molecule has 10 heteroatoms. The number of methoxy groups -OCH3 is 3. The van der Waals surface area contributed by atoms with E-state index in [-0.39, 0.29) is 17.9 Å². The molecule has 0 radical (unpaired) electrons. The molecule has 4 aromatic rings. The van der Waals surface area contributed by atoms with E-state index in [9.17, 15) is 9.59 Å². The van der Waals surface area contributed by atoms with Gasteiger partial charge in [0.1, 0.15) is 5.75 Å². The van der Waals surface area contributed by atoms with E-state index in [4.69, 9.17) is 23.7 Å². The number of nitrogens with one attached hydrogen (secondary N) is 1. The van der Waals surface area contributed by atoms with Gasteiger partial charge in [-0.1, -0.05) is 28.1 Å². The second-order valence-corrected chi connectivity index (χ2v) is 9.02. The third-order valence-corrected chi connectivity index (χ3v) is 6.05. The summed E-state index contributed by atoms with van der Waals surface area (Å²) in [5.41, 5.74) is 3.31. The van der Waals surface area contributed by atoms with Gasteiger partial charge in [0, 0.05) is 4.47 Å². The van der Waals surface area contributed by atoms with Gasteiger partial charge in [0.15, 0.2) is 29.6 Å². The number of hydrogen-bond acceptors (Lipinski definition) is 8. The first-order valence-electron chi connectivity index (χ1n) is 11.7. The lowest BCUT2D eigenvalue weighted by atomic mass is 10.1. The van der Waals surface area contributed by atoms with E-state index in [2.05, 4.69) is 26.5 Å². The number of rotatable bonds is 10. The first-order valence-corrected chi connectivity index (χ1v) is 12.5. The fourth-order valence-corrected chi connectivity index (χ4v) is 3.99. The molecule has 0 saturated heterocycles. The lowest BCUT2D eigenvalue weighted by Gasteiger charge is -2.11. The molecule has 0 saturated carbocycles. The predicted molar refractivity (Wildman–Crippen MR) is 150 cm³/mol. The number of hydrazone groups is 1. The van der Waals surface area contributed by atoms with E-state index in [1.807, 2.05) is 30.3 Å². The van der Waals surface area contributed by atoms with Crippen molar-refractivity contribution in [3.63, 3.8) is 0 Å². The van der Waals surface area contributed by atoms with Gasteiger partial charge in [-0.05, 0) is 77.0 Å². The van der Waals surface area contributed by atoms with Crippen molar-refractivity contribution in [1.82, 2.24) is 5.43 Å². The summed E-state index contributed by atoms with van der Waals surface area (Å²) in [5, 5.41) is 6.02. The van der Waals surface area contributed by atoms with Crippen LogP contribution in [-0.4, -0.2) is 46.0 Å². The van der Waals surface area contributed by atoms with E-state index in [0.717, 1.165) is 15.2 Å². The van der Waals surface area contributed by atoms with Gasteiger partial charge in [-0.15, -0.1) is 0 Å². The molecular formula is C29H25BrN2O7. The van der Waals surface area contributed by atoms with Crippen molar-refractivity contribution in [3.05, 3.63) is 88.4 Å². The highest BCUT2D eigenvalue weighted by molar-refractivity contribution is 9.10. The second-order valence-electron chi connectivity index (χ2n) is 8.10. The molecule has 4 rings (SSSR count). The zero-order valence-corrected chi connectivity index (χ0v) is 23.0. The summed E-state index contributed by atoms with van der Waals surface area (Å²) in [5.74, 6) is 0.990. The first kappa shape index (κ1) is 27.5. The van der Waals surface area contributed by atoms with Crippen LogP contribution in [0.5, 0.6) is 28.7 Å². The maximum Gasteiger partial charge on any atom is 0.343 e. The number of nitrogens with zero attached hydrogens (tertiary/aromatic N) is 1. The molecule has 0 heterocycles. The summed E-state index contributed by atoms with van der Waals surface area (Å²) in [6.45, 7) is -0.201. The molecule has 0 aromatic heterocycles. The molecule has 1 N–H and O–H groups in total. The molecule has 0 atom stereocenters. The van der Waals surface area contributed by atoms with E-state index in [0.29, 0.717) is 28.6 Å². The highest BCUT2D eigenvalue weighted by Gasteiger charge is 2.15. The van der Waals surface area contributed by atoms with Crippen LogP contribution in [0.1, 0.15) is 15.9 Å². The Labute approximate surface area is 233 Å². The van der Waals surface area contributed by atoms with Crippen LogP contribution in [0.2, 0.25) is 0 Å². The Kier molecular flexibility index (Phi) is 9.01. The van der Waals surface area contributed by atoms with Crippen LogP contribution in [0.15, 0.2) is 82.4 Å². The van der Waals surface area contributed by atoms with Crippen molar-refractivity contribution < 1.29 is 33.3 Å². The molecule has 9 nitrogen and oxygen atoms in total. The van der Waals surface area contributed by atoms with Gasteiger partial charge in [0.05, 0.1) is 33.1 Å². The van der Waals surface area contributed by atoms with Gasteiger partial charge in [-0.25, -0.2) is 10.2 Å². The zero-order valence-electron chi connectivity index (χ0n) is 21.4. The van der Waals surface area contributed by atoms with Gasteiger partial charge in [-0.2, -0.15) is 5.10 Å². The lowest BCUT2D eigenvalue weighted by Crippen LogP contribution is -2.24. The Morgan fingerprint density at radius 3 is 2.26 bits per heavy atom. The van der Waals surface area contributed by atoms with Crippen LogP contribution in [0.25, 0.3) is 10.8 Å². The average molecular weight is 593 g/mol. The van der Waals surface area contributed by atoms with Gasteiger partial charge in [0.25, 0.3) is 5.91 Å². The zero-order chi connectivity index (χ0) is 27.8. The molecule has 0 unspecified atom stereocenters. The first-order chi connectivity index (χ1) is 18.9. The predicted octanol–water partition coefficient (Wildman–Crippen LogP) is 5.38. The monoisotopic (exact) mass is 592 g/mol. The van der Waals surface area contributed by atoms with Crippen LogP contribution >= 0.6 is 15.9 Å². The topological polar surface area (TPSA) is 105 Å². The molecule has 200 valence electrons. The molecule has 0 spiro atoms. The normalized spacial score (nSPS) is 10.8. The minimum Gasteiger partial charge on any atom is -0.493 e. The van der Waals surface area contributed by atoms with Crippen molar-refractivity contribution in [3.8, 4) is 28.7 Å². The molecule has 0 aliphatic rings. The van der Waals surface area contributed by atoms with Crippen LogP contribution in [0.3, 0.4) is 0 Å². The standard InChI is InChI=1S/C29H25BrN2O7/c1-35-24-11-7-21(15-27(24)37-3)29(34)39-25-10-4-18(12-26(25)36-2)16-31-32-28(33)17-38-23-9-6-19-13-22(30)8-5-20(19)14-23/h4-16H,17H2,1-3H3,(H,32,33)/b31-16-. The highest BCUT2D eigenvalue weighted by atomic mass is 79.9. The SMILES string of the molecule is COc1ccc(C(=O)Oc2ccc(/C=N\NC(=O)COc3ccc4cc(Br)ccc4c3)cc2OC)cc1OC. The largest absolute Gasteiger partial charge is 0.493 e. The van der Waals surface area contributed by atoms with E-state index < -0.39 is 11.9 Å². The molecule has 0 bridgehead atoms. The molecular weight excluding hydrogens is 568 g/mol. The summed E-state index contributed by atoms with van der Waals surface area (Å²) in [4.78, 5) is 24.8. The Morgan fingerprint density at radius 2 is 1.49 bits per heavy atom. The molecule has 0 fully saturated rings. The number of halogens is 1. The van der Waals surface area contributed by atoms with Crippen molar-refractivity contribution in [2.24, 2.45) is 5.10 Å². The minimum absolute atomic E-state index is 0.201. The van der Waals surface area contributed by atoms with E-state index in [1.165, 1.54) is 33.6 Å². The second kappa shape index (κ2) is 12.8. The van der Waals surface area contributed by atoms with Crippen molar-refractivity contribution >= 4 is 44.8 Å². The molecule has 1 amide bonds. The van der Waals surface area contributed by atoms with Gasteiger partial charge in [-0.3, -0.25) is 4.79 Å². The fourth-order valence-electron chi connectivity index (χ4n) is 3.62. The van der Waals surface area contributed by atoms with Crippen molar-refractivity contribution in [2.45, 2.75) is 0 Å². The molecule has 39 heavy (non-hydrogen) atoms. The molecule has 0 aliphatic carbocycles. The van der Waals surface area contributed by atoms with Crippen LogP contribution in [0, 0.1) is 0 Å². The Bertz CT molecular complexity index is 1540.